The molecule has 0 aromatic heterocycles. The highest BCUT2D eigenvalue weighted by Gasteiger charge is 2.21. The molecule has 0 radical (unpaired) electrons. The van der Waals surface area contributed by atoms with Crippen molar-refractivity contribution in [1.29, 1.82) is 0 Å². The Morgan fingerprint density at radius 1 is 1.00 bits per heavy atom. The van der Waals surface area contributed by atoms with Gasteiger partial charge in [0.2, 0.25) is 5.91 Å². The first-order valence-electron chi connectivity index (χ1n) is 7.26. The first kappa shape index (κ1) is 13.6. The minimum absolute atomic E-state index is 0.228. The standard InChI is InChI=1S/C17H19N3O/c21-17-7-4-12-20(17)16-10-8-14(9-11-16)13-18-19-15-5-2-1-3-6-15/h1-3,5-6,8-11,18-19H,4,7,12-13H2. The number of rotatable bonds is 5. The molecular formula is C17H19N3O. The Morgan fingerprint density at radius 2 is 1.76 bits per heavy atom. The number of benzene rings is 2. The number of amides is 1. The molecule has 4 nitrogen and oxygen atoms in total. The molecule has 0 bridgehead atoms. The minimum Gasteiger partial charge on any atom is -0.321 e. The van der Waals surface area contributed by atoms with Gasteiger partial charge in [0.25, 0.3) is 0 Å². The van der Waals surface area contributed by atoms with Crippen molar-refractivity contribution >= 4 is 17.3 Å². The topological polar surface area (TPSA) is 44.4 Å². The molecule has 3 rings (SSSR count). The van der Waals surface area contributed by atoms with Crippen molar-refractivity contribution in [1.82, 2.24) is 5.43 Å². The lowest BCUT2D eigenvalue weighted by Crippen LogP contribution is -2.24. The van der Waals surface area contributed by atoms with Crippen LogP contribution in [0.15, 0.2) is 54.6 Å². The van der Waals surface area contributed by atoms with Gasteiger partial charge in [0.1, 0.15) is 0 Å². The highest BCUT2D eigenvalue weighted by Crippen LogP contribution is 2.21. The van der Waals surface area contributed by atoms with Crippen LogP contribution in [-0.2, 0) is 11.3 Å². The SMILES string of the molecule is O=C1CCCN1c1ccc(CNNc2ccccc2)cc1. The van der Waals surface area contributed by atoms with Gasteiger partial charge >= 0.3 is 0 Å². The molecule has 0 aliphatic carbocycles. The van der Waals surface area contributed by atoms with E-state index in [1.165, 1.54) is 5.56 Å². The molecule has 2 N–H and O–H groups in total. The molecule has 1 heterocycles. The number of hydrogen-bond donors (Lipinski definition) is 2. The number of carbonyl (C=O) groups is 1. The number of anilines is 2. The predicted molar refractivity (Wildman–Crippen MR) is 84.9 cm³/mol. The average molecular weight is 281 g/mol. The Morgan fingerprint density at radius 3 is 2.43 bits per heavy atom. The van der Waals surface area contributed by atoms with Gasteiger partial charge in [-0.25, -0.2) is 5.43 Å². The fourth-order valence-electron chi connectivity index (χ4n) is 2.48. The summed E-state index contributed by atoms with van der Waals surface area (Å²) in [5.41, 5.74) is 9.55. The van der Waals surface area contributed by atoms with Crippen LogP contribution in [0.2, 0.25) is 0 Å². The van der Waals surface area contributed by atoms with Crippen LogP contribution >= 0.6 is 0 Å². The molecule has 0 saturated carbocycles. The number of hydrazine groups is 1. The zero-order chi connectivity index (χ0) is 14.5. The Kier molecular flexibility index (Phi) is 4.17. The summed E-state index contributed by atoms with van der Waals surface area (Å²) in [5, 5.41) is 0. The fraction of sp³-hybridized carbons (Fsp3) is 0.235. The van der Waals surface area contributed by atoms with Crippen LogP contribution in [0.3, 0.4) is 0 Å². The quantitative estimate of drug-likeness (QED) is 0.828. The highest BCUT2D eigenvalue weighted by atomic mass is 16.2. The maximum atomic E-state index is 11.7. The van der Waals surface area contributed by atoms with Crippen LogP contribution in [0.25, 0.3) is 0 Å². The first-order chi connectivity index (χ1) is 10.3. The summed E-state index contributed by atoms with van der Waals surface area (Å²) in [5.74, 6) is 0.228. The smallest absolute Gasteiger partial charge is 0.227 e. The second kappa shape index (κ2) is 6.41. The fourth-order valence-corrected chi connectivity index (χ4v) is 2.48. The summed E-state index contributed by atoms with van der Waals surface area (Å²) >= 11 is 0. The molecule has 2 aromatic carbocycles. The van der Waals surface area contributed by atoms with Gasteiger partial charge in [0.05, 0.1) is 0 Å². The third kappa shape index (κ3) is 3.41. The van der Waals surface area contributed by atoms with Crippen molar-refractivity contribution in [2.75, 3.05) is 16.9 Å². The minimum atomic E-state index is 0.228. The lowest BCUT2D eigenvalue weighted by atomic mass is 10.2. The number of nitrogens with one attached hydrogen (secondary N) is 2. The van der Waals surface area contributed by atoms with E-state index in [0.717, 1.165) is 30.9 Å². The van der Waals surface area contributed by atoms with E-state index in [2.05, 4.69) is 23.0 Å². The number of carbonyl (C=O) groups excluding carboxylic acids is 1. The molecule has 1 saturated heterocycles. The molecule has 1 aliphatic heterocycles. The van der Waals surface area contributed by atoms with E-state index in [4.69, 9.17) is 0 Å². The van der Waals surface area contributed by atoms with Gasteiger partial charge in [-0.2, -0.15) is 0 Å². The van der Waals surface area contributed by atoms with Gasteiger partial charge in [0.15, 0.2) is 0 Å². The highest BCUT2D eigenvalue weighted by molar-refractivity contribution is 5.95. The van der Waals surface area contributed by atoms with Gasteiger partial charge in [-0.15, -0.1) is 0 Å². The Hall–Kier alpha value is -2.33. The Labute approximate surface area is 124 Å². The Balaban J connectivity index is 1.54. The molecule has 1 amide bonds. The number of hydrogen-bond acceptors (Lipinski definition) is 3. The van der Waals surface area contributed by atoms with Crippen molar-refractivity contribution in [2.24, 2.45) is 0 Å². The average Bonchev–Trinajstić information content (AvgIpc) is 2.95. The van der Waals surface area contributed by atoms with E-state index in [1.54, 1.807) is 0 Å². The van der Waals surface area contributed by atoms with Crippen molar-refractivity contribution < 1.29 is 4.79 Å². The van der Waals surface area contributed by atoms with Crippen molar-refractivity contribution in [3.8, 4) is 0 Å². The number of nitrogens with zero attached hydrogens (tertiary/aromatic N) is 1. The van der Waals surface area contributed by atoms with Crippen LogP contribution < -0.4 is 15.8 Å². The maximum Gasteiger partial charge on any atom is 0.227 e. The van der Waals surface area contributed by atoms with Gasteiger partial charge < -0.3 is 10.3 Å². The molecule has 1 fully saturated rings. The van der Waals surface area contributed by atoms with Gasteiger partial charge in [0, 0.05) is 30.9 Å². The van der Waals surface area contributed by atoms with Gasteiger partial charge in [-0.3, -0.25) is 4.79 Å². The molecule has 21 heavy (non-hydrogen) atoms. The van der Waals surface area contributed by atoms with Crippen molar-refractivity contribution in [2.45, 2.75) is 19.4 Å². The van der Waals surface area contributed by atoms with Crippen LogP contribution in [-0.4, -0.2) is 12.5 Å². The van der Waals surface area contributed by atoms with E-state index < -0.39 is 0 Å². The third-order valence-electron chi connectivity index (χ3n) is 3.62. The van der Waals surface area contributed by atoms with Gasteiger partial charge in [-0.1, -0.05) is 30.3 Å². The maximum absolute atomic E-state index is 11.7. The summed E-state index contributed by atoms with van der Waals surface area (Å²) < 4.78 is 0. The van der Waals surface area contributed by atoms with Crippen molar-refractivity contribution in [3.05, 3.63) is 60.2 Å². The molecule has 0 spiro atoms. The van der Waals surface area contributed by atoms with E-state index in [0.29, 0.717) is 6.42 Å². The van der Waals surface area contributed by atoms with Gasteiger partial charge in [-0.05, 0) is 36.2 Å². The van der Waals surface area contributed by atoms with E-state index in [1.807, 2.05) is 47.4 Å². The largest absolute Gasteiger partial charge is 0.321 e. The molecule has 0 unspecified atom stereocenters. The summed E-state index contributed by atoms with van der Waals surface area (Å²) in [6, 6.07) is 18.1. The van der Waals surface area contributed by atoms with Crippen LogP contribution in [0.1, 0.15) is 18.4 Å². The summed E-state index contributed by atoms with van der Waals surface area (Å²) in [4.78, 5) is 13.6. The third-order valence-corrected chi connectivity index (χ3v) is 3.62. The summed E-state index contributed by atoms with van der Waals surface area (Å²) in [6.45, 7) is 1.56. The first-order valence-corrected chi connectivity index (χ1v) is 7.26. The van der Waals surface area contributed by atoms with E-state index >= 15 is 0 Å². The summed E-state index contributed by atoms with van der Waals surface area (Å²) in [7, 11) is 0. The lowest BCUT2D eigenvalue weighted by Gasteiger charge is -2.16. The zero-order valence-electron chi connectivity index (χ0n) is 11.9. The molecule has 2 aromatic rings. The second-order valence-corrected chi connectivity index (χ2v) is 5.16. The second-order valence-electron chi connectivity index (χ2n) is 5.16. The zero-order valence-corrected chi connectivity index (χ0v) is 11.9. The molecule has 0 atom stereocenters. The van der Waals surface area contributed by atoms with Crippen LogP contribution in [0, 0.1) is 0 Å². The molecule has 4 heteroatoms. The van der Waals surface area contributed by atoms with Crippen molar-refractivity contribution in [3.63, 3.8) is 0 Å². The van der Waals surface area contributed by atoms with Crippen LogP contribution in [0.5, 0.6) is 0 Å². The predicted octanol–water partition coefficient (Wildman–Crippen LogP) is 2.93. The van der Waals surface area contributed by atoms with E-state index in [9.17, 15) is 4.79 Å². The number of para-hydroxylation sites is 1. The molecular weight excluding hydrogens is 262 g/mol. The summed E-state index contributed by atoms with van der Waals surface area (Å²) in [6.07, 6.45) is 1.63. The van der Waals surface area contributed by atoms with Crippen LogP contribution in [0.4, 0.5) is 11.4 Å². The van der Waals surface area contributed by atoms with E-state index in [-0.39, 0.29) is 5.91 Å². The Bertz CT molecular complexity index is 595. The molecule has 1 aliphatic rings. The molecule has 108 valence electrons. The normalized spacial score (nSPS) is 14.5. The lowest BCUT2D eigenvalue weighted by molar-refractivity contribution is -0.117. The monoisotopic (exact) mass is 281 g/mol.